The Kier molecular flexibility index (Phi) is 5.80. The molecule has 5 nitrogen and oxygen atoms in total. The molecule has 0 aliphatic carbocycles. The third-order valence-corrected chi connectivity index (χ3v) is 3.20. The Bertz CT molecular complexity index is 583. The lowest BCUT2D eigenvalue weighted by Crippen LogP contribution is -2.38. The predicted octanol–water partition coefficient (Wildman–Crippen LogP) is 2.44. The highest BCUT2D eigenvalue weighted by molar-refractivity contribution is 5.64. The van der Waals surface area contributed by atoms with Gasteiger partial charge in [-0.05, 0) is 29.7 Å². The summed E-state index contributed by atoms with van der Waals surface area (Å²) in [5, 5.41) is 20.1. The molecule has 3 N–H and O–H groups in total. The van der Waals surface area contributed by atoms with Crippen LogP contribution in [0.25, 0.3) is 0 Å². The first-order valence-corrected chi connectivity index (χ1v) is 7.03. The number of hydrogen-bond donors (Lipinski definition) is 3. The smallest absolute Gasteiger partial charge is 0.404 e. The van der Waals surface area contributed by atoms with Crippen LogP contribution in [0, 0.1) is 0 Å². The molecule has 1 amide bonds. The lowest BCUT2D eigenvalue weighted by molar-refractivity contribution is 0.177. The summed E-state index contributed by atoms with van der Waals surface area (Å²) >= 11 is 0. The van der Waals surface area contributed by atoms with Gasteiger partial charge >= 0.3 is 6.09 Å². The summed E-state index contributed by atoms with van der Waals surface area (Å²) in [5.41, 5.74) is 2.03. The van der Waals surface area contributed by atoms with Crippen molar-refractivity contribution in [3.8, 4) is 5.75 Å². The van der Waals surface area contributed by atoms with Gasteiger partial charge in [0.2, 0.25) is 0 Å². The molecule has 2 aromatic rings. The molecule has 0 saturated heterocycles. The van der Waals surface area contributed by atoms with E-state index < -0.39 is 12.1 Å². The van der Waals surface area contributed by atoms with Gasteiger partial charge in [0.15, 0.2) is 0 Å². The van der Waals surface area contributed by atoms with Crippen LogP contribution in [0.15, 0.2) is 54.6 Å². The normalized spacial score (nSPS) is 11.7. The van der Waals surface area contributed by atoms with Gasteiger partial charge in [0.1, 0.15) is 12.4 Å². The monoisotopic (exact) mass is 301 g/mol. The third-order valence-electron chi connectivity index (χ3n) is 3.20. The third kappa shape index (κ3) is 5.10. The minimum absolute atomic E-state index is 0.238. The number of ether oxygens (including phenoxy) is 1. The fourth-order valence-corrected chi connectivity index (χ4v) is 2.08. The molecule has 0 bridgehead atoms. The van der Waals surface area contributed by atoms with Crippen molar-refractivity contribution in [1.29, 1.82) is 0 Å². The fraction of sp³-hybridized carbons (Fsp3) is 0.235. The number of hydrogen-bond acceptors (Lipinski definition) is 3. The van der Waals surface area contributed by atoms with E-state index in [0.29, 0.717) is 13.0 Å². The van der Waals surface area contributed by atoms with E-state index in [9.17, 15) is 4.79 Å². The van der Waals surface area contributed by atoms with Gasteiger partial charge in [-0.3, -0.25) is 0 Å². The molecule has 0 aliphatic heterocycles. The van der Waals surface area contributed by atoms with Crippen molar-refractivity contribution < 1.29 is 19.7 Å². The number of carboxylic acid groups (broad SMARTS) is 1. The van der Waals surface area contributed by atoms with E-state index in [1.807, 2.05) is 54.6 Å². The minimum Gasteiger partial charge on any atom is -0.489 e. The molecular formula is C17H19NO4. The van der Waals surface area contributed by atoms with Crippen LogP contribution in [-0.4, -0.2) is 29.0 Å². The van der Waals surface area contributed by atoms with Gasteiger partial charge in [-0.25, -0.2) is 4.79 Å². The van der Waals surface area contributed by atoms with Crippen molar-refractivity contribution in [2.45, 2.75) is 19.1 Å². The Morgan fingerprint density at radius 2 is 1.73 bits per heavy atom. The van der Waals surface area contributed by atoms with Gasteiger partial charge in [0.25, 0.3) is 0 Å². The molecule has 0 heterocycles. The van der Waals surface area contributed by atoms with Gasteiger partial charge in [-0.15, -0.1) is 0 Å². The number of aliphatic hydroxyl groups excluding tert-OH is 1. The van der Waals surface area contributed by atoms with Crippen LogP contribution in [0.1, 0.15) is 11.1 Å². The zero-order chi connectivity index (χ0) is 15.8. The molecule has 116 valence electrons. The van der Waals surface area contributed by atoms with Crippen molar-refractivity contribution in [1.82, 2.24) is 5.32 Å². The van der Waals surface area contributed by atoms with E-state index in [0.717, 1.165) is 16.9 Å². The highest BCUT2D eigenvalue weighted by Crippen LogP contribution is 2.15. The summed E-state index contributed by atoms with van der Waals surface area (Å²) in [6.45, 7) is 0.262. The van der Waals surface area contributed by atoms with Gasteiger partial charge in [0, 0.05) is 0 Å². The molecule has 0 fully saturated rings. The average Bonchev–Trinajstić information content (AvgIpc) is 2.54. The number of benzene rings is 2. The summed E-state index contributed by atoms with van der Waals surface area (Å²) in [7, 11) is 0. The van der Waals surface area contributed by atoms with Crippen molar-refractivity contribution in [3.63, 3.8) is 0 Å². The van der Waals surface area contributed by atoms with Gasteiger partial charge < -0.3 is 20.3 Å². The van der Waals surface area contributed by atoms with Crippen LogP contribution in [-0.2, 0) is 13.0 Å². The van der Waals surface area contributed by atoms with Crippen LogP contribution in [0.2, 0.25) is 0 Å². The maximum Gasteiger partial charge on any atom is 0.404 e. The van der Waals surface area contributed by atoms with Gasteiger partial charge in [-0.2, -0.15) is 0 Å². The van der Waals surface area contributed by atoms with E-state index in [1.165, 1.54) is 0 Å². The number of carbonyl (C=O) groups is 1. The van der Waals surface area contributed by atoms with Crippen molar-refractivity contribution >= 4 is 6.09 Å². The van der Waals surface area contributed by atoms with E-state index in [4.69, 9.17) is 14.9 Å². The first-order valence-electron chi connectivity index (χ1n) is 7.03. The van der Waals surface area contributed by atoms with Crippen molar-refractivity contribution in [2.75, 3.05) is 6.61 Å². The minimum atomic E-state index is -1.14. The molecule has 5 heteroatoms. The van der Waals surface area contributed by atoms with Crippen molar-refractivity contribution in [2.24, 2.45) is 0 Å². The maximum atomic E-state index is 10.6. The summed E-state index contributed by atoms with van der Waals surface area (Å²) in [5.74, 6) is 0.749. The standard InChI is InChI=1S/C17H19NO4/c19-11-15(18-17(20)21)10-13-6-8-16(9-7-13)22-12-14-4-2-1-3-5-14/h1-9,15,18-19H,10-12H2,(H,20,21)/t15-/m0/s1. The Balaban J connectivity index is 1.88. The van der Waals surface area contributed by atoms with Crippen LogP contribution < -0.4 is 10.1 Å². The number of nitrogens with one attached hydrogen (secondary N) is 1. The van der Waals surface area contributed by atoms with Gasteiger partial charge in [-0.1, -0.05) is 42.5 Å². The summed E-state index contributed by atoms with van der Waals surface area (Å²) in [6.07, 6.45) is -0.705. The molecule has 1 atom stereocenters. The first-order chi connectivity index (χ1) is 10.7. The fourth-order valence-electron chi connectivity index (χ4n) is 2.08. The molecule has 2 rings (SSSR count). The molecule has 0 aliphatic rings. The second-order valence-electron chi connectivity index (χ2n) is 4.95. The topological polar surface area (TPSA) is 78.8 Å². The van der Waals surface area contributed by atoms with Crippen LogP contribution in [0.3, 0.4) is 0 Å². The molecular weight excluding hydrogens is 282 g/mol. The van der Waals surface area contributed by atoms with E-state index in [2.05, 4.69) is 5.32 Å². The molecule has 22 heavy (non-hydrogen) atoms. The second-order valence-corrected chi connectivity index (χ2v) is 4.95. The first kappa shape index (κ1) is 15.9. The zero-order valence-electron chi connectivity index (χ0n) is 12.1. The summed E-state index contributed by atoms with van der Waals surface area (Å²) in [6, 6.07) is 16.8. The highest BCUT2D eigenvalue weighted by atomic mass is 16.5. The Morgan fingerprint density at radius 3 is 2.32 bits per heavy atom. The van der Waals surface area contributed by atoms with E-state index in [-0.39, 0.29) is 6.61 Å². The zero-order valence-corrected chi connectivity index (χ0v) is 12.1. The van der Waals surface area contributed by atoms with Crippen LogP contribution in [0.4, 0.5) is 4.79 Å². The Hall–Kier alpha value is -2.53. The quantitative estimate of drug-likeness (QED) is 0.734. The van der Waals surface area contributed by atoms with Crippen LogP contribution >= 0.6 is 0 Å². The van der Waals surface area contributed by atoms with E-state index in [1.54, 1.807) is 0 Å². The largest absolute Gasteiger partial charge is 0.489 e. The second kappa shape index (κ2) is 8.05. The van der Waals surface area contributed by atoms with Gasteiger partial charge in [0.05, 0.1) is 12.6 Å². The molecule has 0 saturated carbocycles. The number of amides is 1. The molecule has 0 radical (unpaired) electrons. The predicted molar refractivity (Wildman–Crippen MR) is 83.0 cm³/mol. The molecule has 0 spiro atoms. The molecule has 0 aromatic heterocycles. The van der Waals surface area contributed by atoms with Crippen molar-refractivity contribution in [3.05, 3.63) is 65.7 Å². The maximum absolute atomic E-state index is 10.6. The Morgan fingerprint density at radius 1 is 1.05 bits per heavy atom. The lowest BCUT2D eigenvalue weighted by Gasteiger charge is -2.14. The number of aliphatic hydroxyl groups is 1. The molecule has 0 unspecified atom stereocenters. The summed E-state index contributed by atoms with van der Waals surface area (Å²) < 4.78 is 5.68. The van der Waals surface area contributed by atoms with E-state index >= 15 is 0 Å². The molecule has 2 aromatic carbocycles. The summed E-state index contributed by atoms with van der Waals surface area (Å²) in [4.78, 5) is 10.6. The number of rotatable bonds is 7. The lowest BCUT2D eigenvalue weighted by atomic mass is 10.1. The SMILES string of the molecule is O=C(O)N[C@H](CO)Cc1ccc(OCc2ccccc2)cc1. The highest BCUT2D eigenvalue weighted by Gasteiger charge is 2.10. The average molecular weight is 301 g/mol. The van der Waals surface area contributed by atoms with Crippen LogP contribution in [0.5, 0.6) is 5.75 Å². The Labute approximate surface area is 129 Å².